The van der Waals surface area contributed by atoms with Crippen LogP contribution >= 0.6 is 0 Å². The normalized spacial score (nSPS) is 33.6. The predicted molar refractivity (Wildman–Crippen MR) is 110 cm³/mol. The number of hydrogen-bond acceptors (Lipinski definition) is 3. The Balaban J connectivity index is 1.39. The first-order chi connectivity index (χ1) is 13.6. The first-order valence-electron chi connectivity index (χ1n) is 10.8. The highest BCUT2D eigenvalue weighted by Crippen LogP contribution is 2.61. The molecule has 2 saturated carbocycles. The fourth-order valence-corrected chi connectivity index (χ4v) is 6.41. The lowest BCUT2D eigenvalue weighted by Gasteiger charge is -2.50. The second-order valence-corrected chi connectivity index (χ2v) is 9.35. The quantitative estimate of drug-likeness (QED) is 0.773. The molecule has 0 radical (unpaired) electrons. The van der Waals surface area contributed by atoms with Gasteiger partial charge in [0.1, 0.15) is 6.61 Å². The molecule has 5 rings (SSSR count). The van der Waals surface area contributed by atoms with Crippen molar-refractivity contribution in [3.05, 3.63) is 59.2 Å². The summed E-state index contributed by atoms with van der Waals surface area (Å²) in [5, 5.41) is 21.2. The maximum atomic E-state index is 10.6. The number of benzene rings is 2. The van der Waals surface area contributed by atoms with Gasteiger partial charge in [-0.2, -0.15) is 0 Å². The van der Waals surface area contributed by atoms with Gasteiger partial charge in [0, 0.05) is 0 Å². The summed E-state index contributed by atoms with van der Waals surface area (Å²) in [4.78, 5) is 0. The standard InChI is InChI=1S/C25H30O3/c1-25-12-11-18-19(21(25)9-10-24(25)27)8-7-17-13-23(22(26)14-20(17)18)28-15-16-5-3-2-4-6-16/h2-6,13-14,18-19,21,24,26-27H,7-12,15H2,1H3/t18?,19?,21?,24-,25-/m0/s1. The molecule has 148 valence electrons. The highest BCUT2D eigenvalue weighted by molar-refractivity contribution is 5.49. The number of aromatic hydroxyl groups is 1. The summed E-state index contributed by atoms with van der Waals surface area (Å²) in [5.41, 5.74) is 3.86. The van der Waals surface area contributed by atoms with E-state index in [-0.39, 0.29) is 17.3 Å². The first-order valence-corrected chi connectivity index (χ1v) is 10.8. The molecule has 0 saturated heterocycles. The summed E-state index contributed by atoms with van der Waals surface area (Å²) >= 11 is 0. The van der Waals surface area contributed by atoms with E-state index < -0.39 is 0 Å². The number of aryl methyl sites for hydroxylation is 1. The van der Waals surface area contributed by atoms with Crippen LogP contribution in [0.5, 0.6) is 11.5 Å². The molecule has 3 nitrogen and oxygen atoms in total. The number of fused-ring (bicyclic) bond motifs is 5. The van der Waals surface area contributed by atoms with Crippen LogP contribution < -0.4 is 4.74 Å². The van der Waals surface area contributed by atoms with Crippen molar-refractivity contribution in [2.75, 3.05) is 0 Å². The topological polar surface area (TPSA) is 49.7 Å². The highest BCUT2D eigenvalue weighted by Gasteiger charge is 2.54. The molecular weight excluding hydrogens is 348 g/mol. The molecule has 0 heterocycles. The van der Waals surface area contributed by atoms with E-state index in [9.17, 15) is 10.2 Å². The van der Waals surface area contributed by atoms with E-state index in [1.165, 1.54) is 17.5 Å². The van der Waals surface area contributed by atoms with Crippen LogP contribution in [0.25, 0.3) is 0 Å². The van der Waals surface area contributed by atoms with Gasteiger partial charge in [-0.25, -0.2) is 0 Å². The lowest BCUT2D eigenvalue weighted by molar-refractivity contribution is -0.0226. The third kappa shape index (κ3) is 2.83. The molecule has 3 heteroatoms. The Labute approximate surface area is 167 Å². The van der Waals surface area contributed by atoms with Crippen molar-refractivity contribution >= 4 is 0 Å². The SMILES string of the molecule is C[C@]12CCC3c4cc(O)c(OCc5ccccc5)cc4CCC3C1CC[C@@H]2O. The Morgan fingerprint density at radius 1 is 1.07 bits per heavy atom. The first kappa shape index (κ1) is 18.1. The second kappa shape index (κ2) is 6.81. The van der Waals surface area contributed by atoms with Gasteiger partial charge in [-0.05, 0) is 90.5 Å². The van der Waals surface area contributed by atoms with Gasteiger partial charge in [0.25, 0.3) is 0 Å². The molecule has 5 atom stereocenters. The molecular formula is C25H30O3. The average molecular weight is 379 g/mol. The lowest BCUT2D eigenvalue weighted by atomic mass is 9.55. The number of rotatable bonds is 3. The number of aliphatic hydroxyl groups is 1. The largest absolute Gasteiger partial charge is 0.504 e. The van der Waals surface area contributed by atoms with Gasteiger partial charge in [0.2, 0.25) is 0 Å². The van der Waals surface area contributed by atoms with E-state index >= 15 is 0 Å². The predicted octanol–water partition coefficient (Wildman–Crippen LogP) is 5.19. The third-order valence-corrected chi connectivity index (χ3v) is 7.99. The summed E-state index contributed by atoms with van der Waals surface area (Å²) < 4.78 is 5.94. The maximum Gasteiger partial charge on any atom is 0.161 e. The number of ether oxygens (including phenoxy) is 1. The van der Waals surface area contributed by atoms with E-state index in [0.717, 1.165) is 37.7 Å². The van der Waals surface area contributed by atoms with Gasteiger partial charge in [0.15, 0.2) is 11.5 Å². The molecule has 3 aliphatic carbocycles. The minimum atomic E-state index is -0.137. The summed E-state index contributed by atoms with van der Waals surface area (Å²) in [6.07, 6.45) is 6.40. The van der Waals surface area contributed by atoms with E-state index in [0.29, 0.717) is 30.1 Å². The number of hydrogen-bond donors (Lipinski definition) is 2. The average Bonchev–Trinajstić information content (AvgIpc) is 3.02. The minimum Gasteiger partial charge on any atom is -0.504 e. The fraction of sp³-hybridized carbons (Fsp3) is 0.520. The van der Waals surface area contributed by atoms with Crippen molar-refractivity contribution in [2.45, 2.75) is 64.1 Å². The van der Waals surface area contributed by atoms with Crippen LogP contribution in [0.2, 0.25) is 0 Å². The zero-order valence-electron chi connectivity index (χ0n) is 16.6. The van der Waals surface area contributed by atoms with Crippen molar-refractivity contribution < 1.29 is 14.9 Å². The van der Waals surface area contributed by atoms with Crippen LogP contribution in [0.15, 0.2) is 42.5 Å². The summed E-state index contributed by atoms with van der Waals surface area (Å²) in [6.45, 7) is 2.77. The summed E-state index contributed by atoms with van der Waals surface area (Å²) in [6, 6.07) is 14.1. The molecule has 28 heavy (non-hydrogen) atoms. The van der Waals surface area contributed by atoms with Gasteiger partial charge in [-0.15, -0.1) is 0 Å². The lowest BCUT2D eigenvalue weighted by Crippen LogP contribution is -2.43. The van der Waals surface area contributed by atoms with Crippen molar-refractivity contribution in [3.8, 4) is 11.5 Å². The Morgan fingerprint density at radius 3 is 2.71 bits per heavy atom. The Morgan fingerprint density at radius 2 is 1.89 bits per heavy atom. The van der Waals surface area contributed by atoms with Crippen molar-refractivity contribution in [2.24, 2.45) is 17.3 Å². The fourth-order valence-electron chi connectivity index (χ4n) is 6.41. The minimum absolute atomic E-state index is 0.0967. The Hall–Kier alpha value is -2.00. The van der Waals surface area contributed by atoms with Gasteiger partial charge < -0.3 is 14.9 Å². The van der Waals surface area contributed by atoms with Crippen LogP contribution in [-0.4, -0.2) is 16.3 Å². The Bertz CT molecular complexity index is 862. The van der Waals surface area contributed by atoms with Gasteiger partial charge >= 0.3 is 0 Å². The molecule has 0 aromatic heterocycles. The van der Waals surface area contributed by atoms with Crippen molar-refractivity contribution in [1.29, 1.82) is 0 Å². The molecule has 2 aromatic carbocycles. The highest BCUT2D eigenvalue weighted by atomic mass is 16.5. The molecule has 2 N–H and O–H groups in total. The van der Waals surface area contributed by atoms with Crippen LogP contribution in [0.3, 0.4) is 0 Å². The van der Waals surface area contributed by atoms with Crippen LogP contribution in [0.4, 0.5) is 0 Å². The third-order valence-electron chi connectivity index (χ3n) is 7.99. The maximum absolute atomic E-state index is 10.6. The van der Waals surface area contributed by atoms with Gasteiger partial charge in [-0.3, -0.25) is 0 Å². The number of phenolic OH excluding ortho intramolecular Hbond substituents is 1. The van der Waals surface area contributed by atoms with Crippen LogP contribution in [0.1, 0.15) is 61.6 Å². The van der Waals surface area contributed by atoms with E-state index in [1.54, 1.807) is 0 Å². The number of phenols is 1. The molecule has 0 amide bonds. The molecule has 2 aromatic rings. The van der Waals surface area contributed by atoms with Crippen LogP contribution in [0, 0.1) is 17.3 Å². The zero-order valence-corrected chi connectivity index (χ0v) is 16.6. The van der Waals surface area contributed by atoms with Gasteiger partial charge in [0.05, 0.1) is 6.10 Å². The van der Waals surface area contributed by atoms with E-state index in [4.69, 9.17) is 4.74 Å². The molecule has 3 aliphatic rings. The zero-order chi connectivity index (χ0) is 19.3. The smallest absolute Gasteiger partial charge is 0.161 e. The molecule has 0 aliphatic heterocycles. The summed E-state index contributed by atoms with van der Waals surface area (Å²) in [5.74, 6) is 2.62. The molecule has 0 spiro atoms. The molecule has 2 fully saturated rings. The Kier molecular flexibility index (Phi) is 4.39. The molecule has 0 bridgehead atoms. The molecule has 3 unspecified atom stereocenters. The van der Waals surface area contributed by atoms with Gasteiger partial charge in [-0.1, -0.05) is 37.3 Å². The van der Waals surface area contributed by atoms with Crippen molar-refractivity contribution in [1.82, 2.24) is 0 Å². The van der Waals surface area contributed by atoms with Crippen molar-refractivity contribution in [3.63, 3.8) is 0 Å². The van der Waals surface area contributed by atoms with E-state index in [1.807, 2.05) is 36.4 Å². The van der Waals surface area contributed by atoms with E-state index in [2.05, 4.69) is 13.0 Å². The second-order valence-electron chi connectivity index (χ2n) is 9.35. The monoisotopic (exact) mass is 378 g/mol. The summed E-state index contributed by atoms with van der Waals surface area (Å²) in [7, 11) is 0. The van der Waals surface area contributed by atoms with Crippen LogP contribution in [-0.2, 0) is 13.0 Å². The number of aliphatic hydroxyl groups excluding tert-OH is 1.